The molecule has 0 aromatic heterocycles. The highest BCUT2D eigenvalue weighted by molar-refractivity contribution is 6.31. The van der Waals surface area contributed by atoms with E-state index >= 15 is 0 Å². The van der Waals surface area contributed by atoms with Gasteiger partial charge in [0.2, 0.25) is 5.91 Å². The van der Waals surface area contributed by atoms with Crippen LogP contribution in [0.1, 0.15) is 44.9 Å². The van der Waals surface area contributed by atoms with Gasteiger partial charge in [0.25, 0.3) is 0 Å². The van der Waals surface area contributed by atoms with Gasteiger partial charge in [-0.1, -0.05) is 11.6 Å². The molecule has 118 valence electrons. The van der Waals surface area contributed by atoms with Gasteiger partial charge in [-0.25, -0.2) is 4.39 Å². The number of amides is 1. The quantitative estimate of drug-likeness (QED) is 0.831. The van der Waals surface area contributed by atoms with Crippen molar-refractivity contribution in [3.63, 3.8) is 0 Å². The van der Waals surface area contributed by atoms with E-state index in [2.05, 4.69) is 5.32 Å². The summed E-state index contributed by atoms with van der Waals surface area (Å²) < 4.78 is 13.2. The minimum Gasteiger partial charge on any atom is -0.326 e. The summed E-state index contributed by atoms with van der Waals surface area (Å²) in [7, 11) is 0. The first kappa shape index (κ1) is 14.5. The maximum absolute atomic E-state index is 13.2. The van der Waals surface area contributed by atoms with Crippen molar-refractivity contribution in [1.29, 1.82) is 0 Å². The lowest BCUT2D eigenvalue weighted by Crippen LogP contribution is -2.47. The van der Waals surface area contributed by atoms with E-state index in [-0.39, 0.29) is 16.3 Å². The number of rotatable bonds is 3. The van der Waals surface area contributed by atoms with Gasteiger partial charge in [0.05, 0.1) is 5.02 Å². The number of carbonyl (C=O) groups is 1. The second-order valence-electron chi connectivity index (χ2n) is 7.77. The first-order valence-corrected chi connectivity index (χ1v) is 8.64. The summed E-state index contributed by atoms with van der Waals surface area (Å²) in [5, 5.41) is 2.94. The zero-order chi connectivity index (χ0) is 15.3. The van der Waals surface area contributed by atoms with Crippen LogP contribution in [0.4, 0.5) is 10.1 Å². The number of carbonyl (C=O) groups excluding carboxylic acids is 1. The third-order valence-corrected chi connectivity index (χ3v) is 6.19. The second kappa shape index (κ2) is 5.23. The van der Waals surface area contributed by atoms with Gasteiger partial charge in [0.15, 0.2) is 0 Å². The molecule has 0 unspecified atom stereocenters. The normalized spacial score (nSPS) is 35.6. The van der Waals surface area contributed by atoms with Gasteiger partial charge in [-0.3, -0.25) is 4.79 Å². The van der Waals surface area contributed by atoms with Crippen molar-refractivity contribution >= 4 is 23.2 Å². The molecule has 0 heterocycles. The lowest BCUT2D eigenvalue weighted by atomic mass is 9.49. The predicted molar refractivity (Wildman–Crippen MR) is 85.3 cm³/mol. The summed E-state index contributed by atoms with van der Waals surface area (Å²) in [4.78, 5) is 12.4. The number of nitrogens with one attached hydrogen (secondary N) is 1. The van der Waals surface area contributed by atoms with Crippen molar-refractivity contribution in [3.05, 3.63) is 29.0 Å². The monoisotopic (exact) mass is 321 g/mol. The molecule has 1 aromatic carbocycles. The highest BCUT2D eigenvalue weighted by Gasteiger charge is 2.51. The van der Waals surface area contributed by atoms with Gasteiger partial charge in [0.1, 0.15) is 5.82 Å². The molecule has 1 aromatic rings. The molecule has 0 radical (unpaired) electrons. The fraction of sp³-hybridized carbons (Fsp3) is 0.611. The fourth-order valence-electron chi connectivity index (χ4n) is 5.63. The third-order valence-electron chi connectivity index (χ3n) is 5.90. The predicted octanol–water partition coefficient (Wildman–Crippen LogP) is 5.02. The Morgan fingerprint density at radius 3 is 2.32 bits per heavy atom. The van der Waals surface area contributed by atoms with Crippen LogP contribution in [0.15, 0.2) is 18.2 Å². The van der Waals surface area contributed by atoms with Crippen molar-refractivity contribution in [3.8, 4) is 0 Å². The highest BCUT2D eigenvalue weighted by atomic mass is 35.5. The van der Waals surface area contributed by atoms with E-state index in [1.807, 2.05) is 0 Å². The molecule has 4 aliphatic carbocycles. The maximum Gasteiger partial charge on any atom is 0.224 e. The minimum absolute atomic E-state index is 0.0459. The summed E-state index contributed by atoms with van der Waals surface area (Å²) >= 11 is 5.77. The summed E-state index contributed by atoms with van der Waals surface area (Å²) in [5.74, 6) is 2.13. The van der Waals surface area contributed by atoms with Crippen LogP contribution in [0.5, 0.6) is 0 Å². The zero-order valence-electron chi connectivity index (χ0n) is 12.6. The molecule has 0 aliphatic heterocycles. The van der Waals surface area contributed by atoms with E-state index in [0.717, 1.165) is 17.8 Å². The Morgan fingerprint density at radius 2 is 1.77 bits per heavy atom. The third kappa shape index (κ3) is 2.64. The van der Waals surface area contributed by atoms with Crippen molar-refractivity contribution in [2.45, 2.75) is 44.9 Å². The van der Waals surface area contributed by atoms with Crippen molar-refractivity contribution in [2.75, 3.05) is 5.32 Å². The smallest absolute Gasteiger partial charge is 0.224 e. The molecule has 1 amide bonds. The Labute approximate surface area is 135 Å². The van der Waals surface area contributed by atoms with Gasteiger partial charge in [0, 0.05) is 12.1 Å². The van der Waals surface area contributed by atoms with E-state index in [4.69, 9.17) is 11.6 Å². The van der Waals surface area contributed by atoms with Crippen LogP contribution in [0, 0.1) is 29.0 Å². The van der Waals surface area contributed by atoms with E-state index in [0.29, 0.717) is 12.1 Å². The first-order valence-electron chi connectivity index (χ1n) is 8.26. The molecule has 5 rings (SSSR count). The molecule has 0 spiro atoms. The minimum atomic E-state index is -0.458. The standard InChI is InChI=1S/C18H21ClFNO/c19-15-6-14(1-2-16(15)20)21-17(22)10-18-7-11-3-12(8-18)5-13(4-11)9-18/h1-2,6,11-13H,3-5,7-10H2,(H,21,22). The molecule has 4 heteroatoms. The van der Waals surface area contributed by atoms with Crippen LogP contribution in [-0.4, -0.2) is 5.91 Å². The van der Waals surface area contributed by atoms with Crippen LogP contribution in [-0.2, 0) is 4.79 Å². The highest BCUT2D eigenvalue weighted by Crippen LogP contribution is 2.61. The second-order valence-corrected chi connectivity index (χ2v) is 8.18. The van der Waals surface area contributed by atoms with E-state index < -0.39 is 5.82 Å². The summed E-state index contributed by atoms with van der Waals surface area (Å²) in [6, 6.07) is 4.34. The molecule has 22 heavy (non-hydrogen) atoms. The van der Waals surface area contributed by atoms with E-state index in [1.165, 1.54) is 50.7 Å². The van der Waals surface area contributed by atoms with Gasteiger partial charge in [-0.05, 0) is 79.9 Å². The van der Waals surface area contributed by atoms with Gasteiger partial charge in [-0.15, -0.1) is 0 Å². The summed E-state index contributed by atoms with van der Waals surface area (Å²) in [6.45, 7) is 0. The van der Waals surface area contributed by atoms with Crippen molar-refractivity contribution < 1.29 is 9.18 Å². The van der Waals surface area contributed by atoms with Crippen molar-refractivity contribution in [2.24, 2.45) is 23.2 Å². The van der Waals surface area contributed by atoms with Crippen LogP contribution < -0.4 is 5.32 Å². The van der Waals surface area contributed by atoms with Gasteiger partial charge >= 0.3 is 0 Å². The van der Waals surface area contributed by atoms with Crippen LogP contribution in [0.25, 0.3) is 0 Å². The maximum atomic E-state index is 13.2. The molecule has 4 aliphatic rings. The topological polar surface area (TPSA) is 29.1 Å². The lowest BCUT2D eigenvalue weighted by Gasteiger charge is -2.56. The molecule has 0 saturated heterocycles. The molecule has 2 nitrogen and oxygen atoms in total. The van der Waals surface area contributed by atoms with Crippen LogP contribution in [0.2, 0.25) is 5.02 Å². The Balaban J connectivity index is 1.44. The van der Waals surface area contributed by atoms with Gasteiger partial charge < -0.3 is 5.32 Å². The fourth-order valence-corrected chi connectivity index (χ4v) is 5.81. The molecule has 4 bridgehead atoms. The zero-order valence-corrected chi connectivity index (χ0v) is 13.3. The average molecular weight is 322 g/mol. The Morgan fingerprint density at radius 1 is 1.18 bits per heavy atom. The number of halogens is 2. The Bertz CT molecular complexity index is 580. The molecular formula is C18H21ClFNO. The molecule has 1 N–H and O–H groups in total. The number of benzene rings is 1. The SMILES string of the molecule is O=C(CC12CC3CC(CC(C3)C1)C2)Nc1ccc(F)c(Cl)c1. The van der Waals surface area contributed by atoms with Crippen molar-refractivity contribution in [1.82, 2.24) is 0 Å². The van der Waals surface area contributed by atoms with E-state index in [9.17, 15) is 9.18 Å². The summed E-state index contributed by atoms with van der Waals surface area (Å²) in [6.07, 6.45) is 8.41. The van der Waals surface area contributed by atoms with Crippen LogP contribution in [0.3, 0.4) is 0 Å². The van der Waals surface area contributed by atoms with Gasteiger partial charge in [-0.2, -0.15) is 0 Å². The number of hydrogen-bond acceptors (Lipinski definition) is 1. The summed E-state index contributed by atoms with van der Waals surface area (Å²) in [5.41, 5.74) is 0.809. The number of anilines is 1. The lowest BCUT2D eigenvalue weighted by molar-refractivity contribution is -0.124. The number of hydrogen-bond donors (Lipinski definition) is 1. The van der Waals surface area contributed by atoms with E-state index in [1.54, 1.807) is 6.07 Å². The largest absolute Gasteiger partial charge is 0.326 e. The molecule has 4 saturated carbocycles. The first-order chi connectivity index (χ1) is 10.5. The average Bonchev–Trinajstić information content (AvgIpc) is 2.40. The Hall–Kier alpha value is -1.09. The van der Waals surface area contributed by atoms with Crippen LogP contribution >= 0.6 is 11.6 Å². The Kier molecular flexibility index (Phi) is 3.44. The molecular weight excluding hydrogens is 301 g/mol. The molecule has 4 fully saturated rings. The molecule has 0 atom stereocenters.